The molecule has 2 heterocycles. The van der Waals surface area contributed by atoms with Crippen LogP contribution in [0.3, 0.4) is 0 Å². The van der Waals surface area contributed by atoms with Crippen LogP contribution in [0.1, 0.15) is 15.7 Å². The molecule has 2 aromatic heterocycles. The lowest BCUT2D eigenvalue weighted by Gasteiger charge is -2.11. The second-order valence-electron chi connectivity index (χ2n) is 4.74. The highest BCUT2D eigenvalue weighted by atomic mass is 32.2. The Bertz CT molecular complexity index is 750. The van der Waals surface area contributed by atoms with Crippen LogP contribution in [-0.4, -0.2) is 23.6 Å². The number of nitrogens with one attached hydrogen (secondary N) is 1. The molecular weight excluding hydrogens is 302 g/mol. The maximum atomic E-state index is 5.94. The Morgan fingerprint density at radius 3 is 2.95 bits per heavy atom. The Labute approximate surface area is 131 Å². The molecule has 1 aromatic carbocycles. The highest BCUT2D eigenvalue weighted by Gasteiger charge is 2.17. The number of benzene rings is 1. The van der Waals surface area contributed by atoms with Gasteiger partial charge in [-0.3, -0.25) is 0 Å². The highest BCUT2D eigenvalue weighted by Crippen LogP contribution is 2.38. The minimum atomic E-state index is 0.229. The lowest BCUT2D eigenvalue weighted by molar-refractivity contribution is 0.415. The molecule has 0 radical (unpaired) electrons. The van der Waals surface area contributed by atoms with Crippen molar-refractivity contribution in [1.82, 2.24) is 9.97 Å². The molecule has 0 aliphatic heterocycles. The van der Waals surface area contributed by atoms with Crippen molar-refractivity contribution in [2.24, 2.45) is 5.73 Å². The van der Waals surface area contributed by atoms with Gasteiger partial charge in [0.1, 0.15) is 5.75 Å². The van der Waals surface area contributed by atoms with Gasteiger partial charge in [0.2, 0.25) is 0 Å². The third-order valence-electron chi connectivity index (χ3n) is 3.33. The zero-order valence-electron chi connectivity index (χ0n) is 11.9. The Morgan fingerprint density at radius 1 is 1.43 bits per heavy atom. The smallest absolute Gasteiger partial charge is 0.167 e. The van der Waals surface area contributed by atoms with Crippen LogP contribution in [0.15, 0.2) is 34.8 Å². The van der Waals surface area contributed by atoms with Crippen molar-refractivity contribution < 1.29 is 4.74 Å². The molecule has 0 bridgehead atoms. The second-order valence-corrected chi connectivity index (χ2v) is 6.87. The van der Waals surface area contributed by atoms with E-state index in [4.69, 9.17) is 10.5 Å². The van der Waals surface area contributed by atoms with Crippen molar-refractivity contribution in [1.29, 1.82) is 0 Å². The molecule has 0 fully saturated rings. The first-order valence-electron chi connectivity index (χ1n) is 6.65. The highest BCUT2D eigenvalue weighted by molar-refractivity contribution is 7.99. The van der Waals surface area contributed by atoms with E-state index in [0.717, 1.165) is 21.9 Å². The van der Waals surface area contributed by atoms with Crippen molar-refractivity contribution in [3.8, 4) is 5.75 Å². The quantitative estimate of drug-likeness (QED) is 0.703. The molecule has 0 aliphatic carbocycles. The first-order chi connectivity index (χ1) is 10.2. The molecule has 6 heteroatoms. The van der Waals surface area contributed by atoms with E-state index in [2.05, 4.69) is 28.3 Å². The summed E-state index contributed by atoms with van der Waals surface area (Å²) in [5.74, 6) is 0.826. The molecule has 0 spiro atoms. The van der Waals surface area contributed by atoms with Gasteiger partial charge in [0.25, 0.3) is 0 Å². The SMILES string of the molecule is COc1ccc2nc(SC(CN)c3sccc3C)[nH]c2c1. The van der Waals surface area contributed by atoms with Crippen LogP contribution >= 0.6 is 23.1 Å². The Kier molecular flexibility index (Phi) is 4.19. The number of fused-ring (bicyclic) bond motifs is 1. The van der Waals surface area contributed by atoms with E-state index in [1.165, 1.54) is 10.4 Å². The molecule has 1 unspecified atom stereocenters. The van der Waals surface area contributed by atoms with Gasteiger partial charge < -0.3 is 15.5 Å². The molecule has 3 rings (SSSR count). The fourth-order valence-corrected chi connectivity index (χ4v) is 4.42. The molecule has 4 nitrogen and oxygen atoms in total. The fourth-order valence-electron chi connectivity index (χ4n) is 2.21. The summed E-state index contributed by atoms with van der Waals surface area (Å²) in [6.07, 6.45) is 0. The van der Waals surface area contributed by atoms with Crippen LogP contribution in [0, 0.1) is 6.92 Å². The molecule has 1 atom stereocenters. The predicted molar refractivity (Wildman–Crippen MR) is 89.4 cm³/mol. The number of aromatic amines is 1. The topological polar surface area (TPSA) is 63.9 Å². The summed E-state index contributed by atoms with van der Waals surface area (Å²) in [4.78, 5) is 9.27. The number of thioether (sulfide) groups is 1. The Morgan fingerprint density at radius 2 is 2.29 bits per heavy atom. The van der Waals surface area contributed by atoms with Gasteiger partial charge in [-0.05, 0) is 36.1 Å². The van der Waals surface area contributed by atoms with Gasteiger partial charge in [-0.2, -0.15) is 0 Å². The summed E-state index contributed by atoms with van der Waals surface area (Å²) in [5, 5.41) is 3.23. The number of aromatic nitrogens is 2. The van der Waals surface area contributed by atoms with E-state index in [-0.39, 0.29) is 5.25 Å². The van der Waals surface area contributed by atoms with Crippen LogP contribution in [0.2, 0.25) is 0 Å². The lowest BCUT2D eigenvalue weighted by Crippen LogP contribution is -2.09. The minimum Gasteiger partial charge on any atom is -0.497 e. The van der Waals surface area contributed by atoms with Gasteiger partial charge >= 0.3 is 0 Å². The number of aryl methyl sites for hydroxylation is 1. The summed E-state index contributed by atoms with van der Waals surface area (Å²) >= 11 is 3.43. The van der Waals surface area contributed by atoms with Gasteiger partial charge in [0.05, 0.1) is 23.4 Å². The maximum Gasteiger partial charge on any atom is 0.167 e. The first-order valence-corrected chi connectivity index (χ1v) is 8.41. The van der Waals surface area contributed by atoms with Crippen LogP contribution < -0.4 is 10.5 Å². The maximum absolute atomic E-state index is 5.94. The molecule has 21 heavy (non-hydrogen) atoms. The Balaban J connectivity index is 1.88. The van der Waals surface area contributed by atoms with Crippen LogP contribution in [0.4, 0.5) is 0 Å². The number of H-pyrrole nitrogens is 1. The lowest BCUT2D eigenvalue weighted by atomic mass is 10.2. The molecule has 0 saturated carbocycles. The molecule has 0 amide bonds. The molecule has 0 aliphatic rings. The minimum absolute atomic E-state index is 0.229. The summed E-state index contributed by atoms with van der Waals surface area (Å²) in [6.45, 7) is 2.71. The molecule has 3 N–H and O–H groups in total. The number of nitrogens with two attached hydrogens (primary N) is 1. The van der Waals surface area contributed by atoms with Gasteiger partial charge in [-0.25, -0.2) is 4.98 Å². The number of hydrogen-bond donors (Lipinski definition) is 2. The third kappa shape index (κ3) is 2.92. The van der Waals surface area contributed by atoms with Crippen molar-refractivity contribution >= 4 is 34.1 Å². The predicted octanol–water partition coefficient (Wildman–Crippen LogP) is 3.73. The number of imidazole rings is 1. The summed E-state index contributed by atoms with van der Waals surface area (Å²) in [6, 6.07) is 7.97. The monoisotopic (exact) mass is 319 g/mol. The molecule has 0 saturated heterocycles. The van der Waals surface area contributed by atoms with E-state index in [9.17, 15) is 0 Å². The van der Waals surface area contributed by atoms with Gasteiger partial charge in [0, 0.05) is 17.5 Å². The van der Waals surface area contributed by atoms with Crippen molar-refractivity contribution in [2.45, 2.75) is 17.3 Å². The molecular formula is C15H17N3OS2. The standard InChI is InChI=1S/C15H17N3OS2/c1-9-5-6-20-14(9)13(8-16)21-15-17-11-4-3-10(19-2)7-12(11)18-15/h3-7,13H,8,16H2,1-2H3,(H,17,18). The van der Waals surface area contributed by atoms with Gasteiger partial charge in [0.15, 0.2) is 5.16 Å². The number of hydrogen-bond acceptors (Lipinski definition) is 5. The average molecular weight is 319 g/mol. The zero-order valence-corrected chi connectivity index (χ0v) is 13.6. The first kappa shape index (κ1) is 14.4. The molecule has 110 valence electrons. The number of rotatable bonds is 5. The van der Waals surface area contributed by atoms with Crippen molar-refractivity contribution in [2.75, 3.05) is 13.7 Å². The van der Waals surface area contributed by atoms with Crippen LogP contribution in [-0.2, 0) is 0 Å². The summed E-state index contributed by atoms with van der Waals surface area (Å²) < 4.78 is 5.24. The van der Waals surface area contributed by atoms with Crippen molar-refractivity contribution in [3.63, 3.8) is 0 Å². The second kappa shape index (κ2) is 6.09. The van der Waals surface area contributed by atoms with E-state index >= 15 is 0 Å². The normalized spacial score (nSPS) is 12.7. The number of ether oxygens (including phenoxy) is 1. The van der Waals surface area contributed by atoms with E-state index < -0.39 is 0 Å². The van der Waals surface area contributed by atoms with Crippen LogP contribution in [0.5, 0.6) is 5.75 Å². The van der Waals surface area contributed by atoms with Gasteiger partial charge in [-0.1, -0.05) is 11.8 Å². The van der Waals surface area contributed by atoms with E-state index in [0.29, 0.717) is 6.54 Å². The Hall–Kier alpha value is -1.50. The summed E-state index contributed by atoms with van der Waals surface area (Å²) in [5.41, 5.74) is 9.16. The fraction of sp³-hybridized carbons (Fsp3) is 0.267. The number of nitrogens with zero attached hydrogens (tertiary/aromatic N) is 1. The van der Waals surface area contributed by atoms with Gasteiger partial charge in [-0.15, -0.1) is 11.3 Å². The number of methoxy groups -OCH3 is 1. The molecule has 3 aromatic rings. The largest absolute Gasteiger partial charge is 0.497 e. The summed E-state index contributed by atoms with van der Waals surface area (Å²) in [7, 11) is 1.66. The van der Waals surface area contributed by atoms with E-state index in [1.54, 1.807) is 30.2 Å². The van der Waals surface area contributed by atoms with Crippen molar-refractivity contribution in [3.05, 3.63) is 40.1 Å². The third-order valence-corrected chi connectivity index (χ3v) is 5.74. The average Bonchev–Trinajstić information content (AvgIpc) is 3.09. The van der Waals surface area contributed by atoms with Crippen LogP contribution in [0.25, 0.3) is 11.0 Å². The van der Waals surface area contributed by atoms with E-state index in [1.807, 2.05) is 18.2 Å². The number of thiophene rings is 1. The zero-order chi connectivity index (χ0) is 14.8.